The van der Waals surface area contributed by atoms with Gasteiger partial charge in [-0.05, 0) is 31.1 Å². The van der Waals surface area contributed by atoms with E-state index in [0.29, 0.717) is 0 Å². The zero-order valence-corrected chi connectivity index (χ0v) is 7.00. The monoisotopic (exact) mass is 161 g/mol. The van der Waals surface area contributed by atoms with Crippen LogP contribution in [0.25, 0.3) is 0 Å². The molecular formula is C10H11NO. The van der Waals surface area contributed by atoms with Crippen LogP contribution in [-0.2, 0) is 4.79 Å². The van der Waals surface area contributed by atoms with Crippen LogP contribution in [0.2, 0.25) is 0 Å². The molecule has 2 nitrogen and oxygen atoms in total. The van der Waals surface area contributed by atoms with Crippen molar-refractivity contribution < 1.29 is 4.79 Å². The summed E-state index contributed by atoms with van der Waals surface area (Å²) in [6.45, 7) is 1.97. The molecule has 2 heteroatoms. The first-order valence-corrected chi connectivity index (χ1v) is 4.11. The highest BCUT2D eigenvalue weighted by Crippen LogP contribution is 2.19. The number of nitrogens with one attached hydrogen (secondary N) is 1. The van der Waals surface area contributed by atoms with E-state index in [9.17, 15) is 4.79 Å². The first-order chi connectivity index (χ1) is 5.77. The molecule has 62 valence electrons. The number of carbonyl (C=O) groups excluding carboxylic acids is 1. The van der Waals surface area contributed by atoms with Crippen LogP contribution in [0.5, 0.6) is 0 Å². The van der Waals surface area contributed by atoms with Gasteiger partial charge in [-0.2, -0.15) is 0 Å². The van der Waals surface area contributed by atoms with Crippen molar-refractivity contribution in [2.24, 2.45) is 0 Å². The van der Waals surface area contributed by atoms with Crippen molar-refractivity contribution in [3.05, 3.63) is 35.6 Å². The molecule has 2 rings (SSSR count). The Morgan fingerprint density at radius 2 is 2.33 bits per heavy atom. The summed E-state index contributed by atoms with van der Waals surface area (Å²) < 4.78 is 0. The smallest absolute Gasteiger partial charge is 0.181 e. The number of ketones is 1. The van der Waals surface area contributed by atoms with Gasteiger partial charge in [0.2, 0.25) is 0 Å². The zero-order valence-electron chi connectivity index (χ0n) is 7.00. The maximum Gasteiger partial charge on any atom is 0.181 e. The number of hydrogen-bond acceptors (Lipinski definition) is 2. The zero-order chi connectivity index (χ0) is 8.55. The minimum absolute atomic E-state index is 0.0833. The summed E-state index contributed by atoms with van der Waals surface area (Å²) in [4.78, 5) is 11.4. The number of hydrogen-bond donors (Lipinski definition) is 1. The summed E-state index contributed by atoms with van der Waals surface area (Å²) in [6.07, 6.45) is 8.53. The largest absolute Gasteiger partial charge is 0.375 e. The highest BCUT2D eigenvalue weighted by atomic mass is 16.1. The molecule has 0 aromatic carbocycles. The summed E-state index contributed by atoms with van der Waals surface area (Å²) in [5.74, 6) is 0.167. The molecule has 0 saturated carbocycles. The van der Waals surface area contributed by atoms with E-state index in [1.807, 2.05) is 25.2 Å². The van der Waals surface area contributed by atoms with Crippen LogP contribution in [0.15, 0.2) is 35.6 Å². The van der Waals surface area contributed by atoms with Crippen LogP contribution < -0.4 is 5.32 Å². The summed E-state index contributed by atoms with van der Waals surface area (Å²) in [5, 5.41) is 3.16. The molecule has 1 atom stereocenters. The van der Waals surface area contributed by atoms with Crippen LogP contribution in [-0.4, -0.2) is 11.8 Å². The molecular weight excluding hydrogens is 150 g/mol. The molecule has 1 N–H and O–H groups in total. The average Bonchev–Trinajstić information content (AvgIpc) is 2.07. The molecule has 0 saturated heterocycles. The van der Waals surface area contributed by atoms with Gasteiger partial charge in [0.15, 0.2) is 5.78 Å². The third-order valence-electron chi connectivity index (χ3n) is 2.21. The summed E-state index contributed by atoms with van der Waals surface area (Å²) in [7, 11) is 0. The van der Waals surface area contributed by atoms with Gasteiger partial charge >= 0.3 is 0 Å². The number of fused-ring (bicyclic) bond motifs is 1. The van der Waals surface area contributed by atoms with E-state index in [0.717, 1.165) is 12.1 Å². The Balaban J connectivity index is 2.34. The second-order valence-corrected chi connectivity index (χ2v) is 3.18. The molecule has 1 heterocycles. The van der Waals surface area contributed by atoms with Gasteiger partial charge in [-0.15, -0.1) is 0 Å². The van der Waals surface area contributed by atoms with Crippen molar-refractivity contribution in [3.8, 4) is 0 Å². The SMILES string of the molecule is CC1=CC=C2CC=CC(=O)C2N1. The van der Waals surface area contributed by atoms with E-state index >= 15 is 0 Å². The van der Waals surface area contributed by atoms with Crippen molar-refractivity contribution in [2.45, 2.75) is 19.4 Å². The van der Waals surface area contributed by atoms with Crippen LogP contribution in [0.4, 0.5) is 0 Å². The summed E-state index contributed by atoms with van der Waals surface area (Å²) in [5.41, 5.74) is 2.24. The van der Waals surface area contributed by atoms with Gasteiger partial charge in [0, 0.05) is 5.70 Å². The van der Waals surface area contributed by atoms with E-state index in [-0.39, 0.29) is 11.8 Å². The van der Waals surface area contributed by atoms with Gasteiger partial charge < -0.3 is 5.32 Å². The molecule has 0 bridgehead atoms. The third kappa shape index (κ3) is 1.09. The lowest BCUT2D eigenvalue weighted by Gasteiger charge is -2.25. The summed E-state index contributed by atoms with van der Waals surface area (Å²) >= 11 is 0. The van der Waals surface area contributed by atoms with Crippen LogP contribution in [0.3, 0.4) is 0 Å². The topological polar surface area (TPSA) is 29.1 Å². The Morgan fingerprint density at radius 3 is 3.17 bits per heavy atom. The fourth-order valence-electron chi connectivity index (χ4n) is 1.54. The molecule has 2 aliphatic rings. The van der Waals surface area contributed by atoms with Gasteiger partial charge in [0.25, 0.3) is 0 Å². The van der Waals surface area contributed by atoms with Gasteiger partial charge in [-0.1, -0.05) is 12.2 Å². The Kier molecular flexibility index (Phi) is 1.61. The van der Waals surface area contributed by atoms with Crippen LogP contribution in [0, 0.1) is 0 Å². The second kappa shape index (κ2) is 2.63. The Bertz CT molecular complexity index is 310. The van der Waals surface area contributed by atoms with E-state index in [2.05, 4.69) is 5.32 Å². The Morgan fingerprint density at radius 1 is 1.50 bits per heavy atom. The normalized spacial score (nSPS) is 27.1. The predicted octanol–water partition coefficient (Wildman–Crippen LogP) is 1.32. The maximum absolute atomic E-state index is 11.4. The molecule has 0 fully saturated rings. The van der Waals surface area contributed by atoms with Gasteiger partial charge in [-0.25, -0.2) is 0 Å². The van der Waals surface area contributed by atoms with E-state index in [4.69, 9.17) is 0 Å². The third-order valence-corrected chi connectivity index (χ3v) is 2.21. The fraction of sp³-hybridized carbons (Fsp3) is 0.300. The molecule has 1 aliphatic carbocycles. The first-order valence-electron chi connectivity index (χ1n) is 4.11. The number of dihydropyridines is 1. The molecule has 0 radical (unpaired) electrons. The lowest BCUT2D eigenvalue weighted by atomic mass is 9.92. The lowest BCUT2D eigenvalue weighted by Crippen LogP contribution is -2.39. The molecule has 0 aromatic heterocycles. The van der Waals surface area contributed by atoms with Crippen molar-refractivity contribution in [2.75, 3.05) is 0 Å². The maximum atomic E-state index is 11.4. The number of allylic oxidation sites excluding steroid dienone is 4. The highest BCUT2D eigenvalue weighted by Gasteiger charge is 2.24. The molecule has 0 aromatic rings. The molecule has 0 spiro atoms. The fourth-order valence-corrected chi connectivity index (χ4v) is 1.54. The lowest BCUT2D eigenvalue weighted by molar-refractivity contribution is -0.115. The summed E-state index contributed by atoms with van der Waals surface area (Å²) in [6, 6.07) is -0.0833. The average molecular weight is 161 g/mol. The quantitative estimate of drug-likeness (QED) is 0.580. The number of carbonyl (C=O) groups is 1. The van der Waals surface area contributed by atoms with Crippen LogP contribution >= 0.6 is 0 Å². The first kappa shape index (κ1) is 7.35. The minimum Gasteiger partial charge on any atom is -0.375 e. The van der Waals surface area contributed by atoms with Gasteiger partial charge in [-0.3, -0.25) is 4.79 Å². The minimum atomic E-state index is -0.0833. The van der Waals surface area contributed by atoms with Crippen molar-refractivity contribution in [1.29, 1.82) is 0 Å². The van der Waals surface area contributed by atoms with Crippen molar-refractivity contribution >= 4 is 5.78 Å². The van der Waals surface area contributed by atoms with Crippen molar-refractivity contribution in [1.82, 2.24) is 5.32 Å². The molecule has 1 unspecified atom stereocenters. The highest BCUT2D eigenvalue weighted by molar-refractivity contribution is 5.98. The van der Waals surface area contributed by atoms with E-state index in [1.165, 1.54) is 5.57 Å². The standard InChI is InChI=1S/C10H11NO/c1-7-5-6-8-3-2-4-9(12)10(8)11-7/h2,4-6,10-11H,3H2,1H3. The van der Waals surface area contributed by atoms with Crippen molar-refractivity contribution in [3.63, 3.8) is 0 Å². The van der Waals surface area contributed by atoms with E-state index < -0.39 is 0 Å². The molecule has 1 aliphatic heterocycles. The Labute approximate surface area is 71.7 Å². The predicted molar refractivity (Wildman–Crippen MR) is 47.5 cm³/mol. The second-order valence-electron chi connectivity index (χ2n) is 3.18. The number of rotatable bonds is 0. The molecule has 0 amide bonds. The Hall–Kier alpha value is -1.31. The van der Waals surface area contributed by atoms with Gasteiger partial charge in [0.1, 0.15) is 6.04 Å². The van der Waals surface area contributed by atoms with E-state index in [1.54, 1.807) is 6.08 Å². The molecule has 12 heavy (non-hydrogen) atoms. The van der Waals surface area contributed by atoms with Gasteiger partial charge in [0.05, 0.1) is 0 Å². The van der Waals surface area contributed by atoms with Crippen LogP contribution in [0.1, 0.15) is 13.3 Å².